The van der Waals surface area contributed by atoms with Gasteiger partial charge in [-0.05, 0) is 160 Å². The van der Waals surface area contributed by atoms with Gasteiger partial charge in [0.1, 0.15) is 17.0 Å². The Morgan fingerprint density at radius 2 is 1.14 bits per heavy atom. The van der Waals surface area contributed by atoms with Gasteiger partial charge in [-0.2, -0.15) is 0 Å². The number of anilines is 3. The third-order valence-corrected chi connectivity index (χ3v) is 14.1. The molecule has 0 amide bonds. The highest BCUT2D eigenvalue weighted by molar-refractivity contribution is 5.98. The first kappa shape index (κ1) is 83.8. The van der Waals surface area contributed by atoms with Gasteiger partial charge in [-0.15, -0.1) is 0 Å². The zero-order valence-electron chi connectivity index (χ0n) is 58.2. The number of rotatable bonds is 18. The van der Waals surface area contributed by atoms with E-state index in [1.165, 1.54) is 52.5 Å². The van der Waals surface area contributed by atoms with E-state index in [0.29, 0.717) is 52.3 Å². The maximum Gasteiger partial charge on any atom is 0.338 e. The first-order valence-corrected chi connectivity index (χ1v) is 31.4. The largest absolute Gasteiger partial charge is 0.507 e. The molecule has 15 nitrogen and oxygen atoms in total. The number of hydrogen-bond donors (Lipinski definition) is 8. The molecule has 15 heteroatoms. The van der Waals surface area contributed by atoms with E-state index in [4.69, 9.17) is 14.9 Å². The van der Waals surface area contributed by atoms with Crippen LogP contribution in [0.15, 0.2) is 54.6 Å². The summed E-state index contributed by atoms with van der Waals surface area (Å²) in [6, 6.07) is 16.0. The lowest BCUT2D eigenvalue weighted by molar-refractivity contribution is -0.155. The Bertz CT molecular complexity index is 2490. The molecule has 2 fully saturated rings. The van der Waals surface area contributed by atoms with Crippen molar-refractivity contribution >= 4 is 40.6 Å². The summed E-state index contributed by atoms with van der Waals surface area (Å²) in [5.41, 5.74) is 5.14. The fourth-order valence-electron chi connectivity index (χ4n) is 9.57. The van der Waals surface area contributed by atoms with Crippen LogP contribution in [0.5, 0.6) is 11.5 Å². The summed E-state index contributed by atoms with van der Waals surface area (Å²) >= 11 is 0. The summed E-state index contributed by atoms with van der Waals surface area (Å²) in [5, 5.41) is 56.5. The third-order valence-electron chi connectivity index (χ3n) is 14.1. The first-order chi connectivity index (χ1) is 39.3. The summed E-state index contributed by atoms with van der Waals surface area (Å²) in [4.78, 5) is 49.6. The number of nitrogens with zero attached hydrogens (tertiary/aromatic N) is 2. The minimum Gasteiger partial charge on any atom is -0.507 e. The third kappa shape index (κ3) is 36.8. The van der Waals surface area contributed by atoms with Crippen molar-refractivity contribution in [1.82, 2.24) is 9.80 Å². The molecule has 0 saturated carbocycles. The Labute approximate surface area is 529 Å². The van der Waals surface area contributed by atoms with Gasteiger partial charge < -0.3 is 46.2 Å². The van der Waals surface area contributed by atoms with Crippen LogP contribution in [0.25, 0.3) is 0 Å². The quantitative estimate of drug-likeness (QED) is 0.0337. The number of aromatic carboxylic acids is 1. The average Bonchev–Trinajstić information content (AvgIpc) is 1.80. The zero-order chi connectivity index (χ0) is 66.7. The monoisotopic (exact) mass is 1220 g/mol. The van der Waals surface area contributed by atoms with Gasteiger partial charge in [-0.1, -0.05) is 158 Å². The van der Waals surface area contributed by atoms with Crippen molar-refractivity contribution in [2.75, 3.05) is 82.1 Å². The van der Waals surface area contributed by atoms with Crippen molar-refractivity contribution in [3.63, 3.8) is 0 Å². The summed E-state index contributed by atoms with van der Waals surface area (Å²) in [6.45, 7) is 53.6. The molecule has 0 bridgehead atoms. The van der Waals surface area contributed by atoms with Gasteiger partial charge in [0.2, 0.25) is 0 Å². The van der Waals surface area contributed by atoms with Crippen molar-refractivity contribution < 1.29 is 49.4 Å². The number of unbranched alkanes of at least 4 members (excludes halogenated alkanes) is 1. The number of nitrogens with one attached hydrogen (secondary N) is 3. The second kappa shape index (κ2) is 38.4. The summed E-state index contributed by atoms with van der Waals surface area (Å²) in [6.07, 6.45) is 9.90. The van der Waals surface area contributed by atoms with Gasteiger partial charge in [0, 0.05) is 75.6 Å². The molecule has 0 aliphatic carbocycles. The van der Waals surface area contributed by atoms with Gasteiger partial charge in [0.05, 0.1) is 23.3 Å². The molecule has 2 aliphatic rings. The molecule has 87 heavy (non-hydrogen) atoms. The van der Waals surface area contributed by atoms with Crippen molar-refractivity contribution in [1.29, 1.82) is 0 Å². The van der Waals surface area contributed by atoms with Gasteiger partial charge in [-0.25, -0.2) is 4.79 Å². The van der Waals surface area contributed by atoms with Crippen LogP contribution in [0.2, 0.25) is 0 Å². The van der Waals surface area contributed by atoms with E-state index in [2.05, 4.69) is 150 Å². The van der Waals surface area contributed by atoms with Crippen LogP contribution in [0.3, 0.4) is 0 Å². The number of carbonyl (C=O) groups excluding carboxylic acids is 2. The maximum atomic E-state index is 11.6. The predicted octanol–water partition coefficient (Wildman–Crippen LogP) is 17.0. The van der Waals surface area contributed by atoms with Crippen molar-refractivity contribution in [3.8, 4) is 11.5 Å². The molecule has 0 spiro atoms. The number of aryl methyl sites for hydroxylation is 1. The lowest BCUT2D eigenvalue weighted by Gasteiger charge is -2.46. The molecule has 2 atom stereocenters. The number of ether oxygens (including phenoxy) is 1. The van der Waals surface area contributed by atoms with Gasteiger partial charge in [0.25, 0.3) is 0 Å². The number of ketones is 2. The number of aromatic hydroxyl groups is 2. The van der Waals surface area contributed by atoms with E-state index in [0.717, 1.165) is 82.1 Å². The van der Waals surface area contributed by atoms with E-state index in [-0.39, 0.29) is 52.2 Å². The van der Waals surface area contributed by atoms with Crippen LogP contribution < -0.4 is 16.0 Å². The maximum absolute atomic E-state index is 11.6. The number of phenolic OH excluding ortho intramolecular Hbond substituents is 2. The SMILES string of the molecule is C.CC(=O)c1cc(NCC(C)(C)C)ccc1O.CC(=O)c1ccc(NCC(C)(C)C)cc1O.CC(C)(C)CN1CCC[C@H]1CO.CCC1(C(=O)O)CCCCN1CC(C)(C)C.COCCCCC(C)(C)C.Cc1cccc(NCC(C)(C)C)c1C(=O)O. The number of hydrogen-bond acceptors (Lipinski definition) is 13. The molecule has 2 saturated heterocycles. The molecule has 3 aromatic carbocycles. The molecule has 5 rings (SSSR count). The molecular formula is C72H127N5O10. The topological polar surface area (TPSA) is 221 Å². The van der Waals surface area contributed by atoms with Crippen LogP contribution in [0, 0.1) is 39.4 Å². The van der Waals surface area contributed by atoms with E-state index in [1.807, 2.05) is 38.1 Å². The van der Waals surface area contributed by atoms with E-state index < -0.39 is 17.5 Å². The molecule has 8 N–H and O–H groups in total. The molecule has 500 valence electrons. The second-order valence-corrected chi connectivity index (χ2v) is 30.8. The number of phenols is 2. The summed E-state index contributed by atoms with van der Waals surface area (Å²) in [7, 11) is 1.76. The standard InChI is InChI=1S/3C13H19NO2.C13H25NO2.C10H21NO.C9H20O.CH4/c1-9(15)11-7-10(5-6-12(11)16)14-8-13(2,3)4;1-9(15)11-6-5-10(7-12(11)16)14-8-13(2,3)4;1-9-6-5-7-10(11(9)12(15)16)14-8-13(2,3)4;1-5-13(11(15)16)8-6-7-9-14(13)10-12(2,3)4;1-10(2,3)8-11-6-4-5-9(11)7-12;1-9(2,3)7-5-6-8-10-4;/h2*5-7,14,16H,8H2,1-4H3;5-7,14H,8H2,1-4H3,(H,15,16);5-10H2,1-4H3,(H,15,16);9,12H,4-8H2,1-3H3;5-8H2,1-4H3;1H4/t;;;;9-;;/m....0../s1. The Kier molecular flexibility index (Phi) is 37.0. The Morgan fingerprint density at radius 3 is 1.57 bits per heavy atom. The van der Waals surface area contributed by atoms with Crippen molar-refractivity contribution in [2.24, 2.45) is 32.5 Å². The highest BCUT2D eigenvalue weighted by Gasteiger charge is 2.45. The smallest absolute Gasteiger partial charge is 0.338 e. The van der Waals surface area contributed by atoms with E-state index in [1.54, 1.807) is 37.4 Å². The first-order valence-electron chi connectivity index (χ1n) is 31.4. The van der Waals surface area contributed by atoms with Gasteiger partial charge in [-0.3, -0.25) is 24.2 Å². The lowest BCUT2D eigenvalue weighted by atomic mass is 9.82. The van der Waals surface area contributed by atoms with Crippen LogP contribution in [0.4, 0.5) is 17.1 Å². The number of aliphatic carboxylic acids is 1. The number of Topliss-reactive ketones (excluding diaryl/α,β-unsaturated/α-hetero) is 2. The predicted molar refractivity (Wildman–Crippen MR) is 367 cm³/mol. The normalized spacial score (nSPS) is 16.4. The lowest BCUT2D eigenvalue weighted by Crippen LogP contribution is -2.58. The number of carboxylic acids is 2. The Hall–Kier alpha value is -5.22. The van der Waals surface area contributed by atoms with Crippen molar-refractivity contribution in [2.45, 2.75) is 229 Å². The van der Waals surface area contributed by atoms with Gasteiger partial charge in [0.15, 0.2) is 11.6 Å². The molecule has 3 aromatic rings. The highest BCUT2D eigenvalue weighted by atomic mass is 16.5. The fraction of sp³-hybridized carbons (Fsp3) is 0.694. The minimum absolute atomic E-state index is 0. The number of methoxy groups -OCH3 is 1. The van der Waals surface area contributed by atoms with Crippen LogP contribution in [-0.4, -0.2) is 137 Å². The average molecular weight is 1220 g/mol. The number of aliphatic hydroxyl groups is 1. The molecule has 2 aliphatic heterocycles. The second-order valence-electron chi connectivity index (χ2n) is 30.8. The zero-order valence-corrected chi connectivity index (χ0v) is 58.2. The molecule has 0 aromatic heterocycles. The van der Waals surface area contributed by atoms with Crippen molar-refractivity contribution in [3.05, 3.63) is 76.9 Å². The van der Waals surface area contributed by atoms with E-state index >= 15 is 0 Å². The number of likely N-dealkylation sites (tertiary alicyclic amines) is 2. The number of carbonyl (C=O) groups is 4. The molecule has 2 heterocycles. The highest BCUT2D eigenvalue weighted by Crippen LogP contribution is 2.35. The van der Waals surface area contributed by atoms with Crippen LogP contribution in [0.1, 0.15) is 247 Å². The summed E-state index contributed by atoms with van der Waals surface area (Å²) in [5.74, 6) is -1.70. The van der Waals surface area contributed by atoms with E-state index in [9.17, 15) is 34.5 Å². The Morgan fingerprint density at radius 1 is 0.621 bits per heavy atom. The van der Waals surface area contributed by atoms with Crippen LogP contribution in [-0.2, 0) is 9.53 Å². The fourth-order valence-corrected chi connectivity index (χ4v) is 9.57. The van der Waals surface area contributed by atoms with Crippen LogP contribution >= 0.6 is 0 Å². The summed E-state index contributed by atoms with van der Waals surface area (Å²) < 4.78 is 4.96. The number of piperidine rings is 1. The molecule has 0 radical (unpaired) electrons. The minimum atomic E-state index is -0.880. The molecular weight excluding hydrogens is 1090 g/mol. The molecule has 1 unspecified atom stereocenters. The number of carboxylic acid groups (broad SMARTS) is 2. The van der Waals surface area contributed by atoms with Gasteiger partial charge >= 0.3 is 11.9 Å². The number of aliphatic hydroxyl groups excluding tert-OH is 1. The Balaban J connectivity index is 0. The number of benzene rings is 3.